The Kier molecular flexibility index (Phi) is 3.87. The lowest BCUT2D eigenvalue weighted by Gasteiger charge is -2.11. The van der Waals surface area contributed by atoms with E-state index in [9.17, 15) is 8.42 Å². The summed E-state index contributed by atoms with van der Waals surface area (Å²) in [5.74, 6) is 0.143. The first-order valence-electron chi connectivity index (χ1n) is 7.35. The van der Waals surface area contributed by atoms with Gasteiger partial charge in [0.05, 0.1) is 10.5 Å². The number of nitrogens with zero attached hydrogens (tertiary/aromatic N) is 2. The summed E-state index contributed by atoms with van der Waals surface area (Å²) < 4.78 is 23.6. The van der Waals surface area contributed by atoms with Crippen LogP contribution in [-0.4, -0.2) is 18.4 Å². The molecule has 0 saturated heterocycles. The van der Waals surface area contributed by atoms with Crippen LogP contribution < -0.4 is 5.14 Å². The van der Waals surface area contributed by atoms with Crippen LogP contribution in [-0.2, 0) is 10.0 Å². The highest BCUT2D eigenvalue weighted by Crippen LogP contribution is 2.29. The van der Waals surface area contributed by atoms with Crippen molar-refractivity contribution < 1.29 is 8.42 Å². The lowest BCUT2D eigenvalue weighted by atomic mass is 9.97. The number of primary sulfonamides is 1. The molecule has 7 heteroatoms. The number of nitriles is 1. The van der Waals surface area contributed by atoms with E-state index in [4.69, 9.17) is 10.4 Å². The maximum atomic E-state index is 11.8. The van der Waals surface area contributed by atoms with Crippen molar-refractivity contribution in [2.75, 3.05) is 0 Å². The smallest absolute Gasteiger partial charge is 0.238 e. The summed E-state index contributed by atoms with van der Waals surface area (Å²) in [6.07, 6.45) is 3.24. The molecule has 3 N–H and O–H groups in total. The lowest BCUT2D eigenvalue weighted by molar-refractivity contribution is 0.597. The molecule has 0 saturated carbocycles. The Balaban J connectivity index is 2.25. The quantitative estimate of drug-likeness (QED) is 0.763. The van der Waals surface area contributed by atoms with Crippen LogP contribution in [0.1, 0.15) is 30.9 Å². The van der Waals surface area contributed by atoms with Crippen molar-refractivity contribution in [3.8, 4) is 17.2 Å². The van der Waals surface area contributed by atoms with Crippen molar-refractivity contribution >= 4 is 21.1 Å². The van der Waals surface area contributed by atoms with Gasteiger partial charge in [0, 0.05) is 23.3 Å². The minimum Gasteiger partial charge on any atom is -0.345 e. The summed E-state index contributed by atoms with van der Waals surface area (Å²) in [6, 6.07) is 8.97. The minimum absolute atomic E-state index is 0.0679. The normalized spacial score (nSPS) is 11.8. The van der Waals surface area contributed by atoms with Crippen LogP contribution in [0, 0.1) is 11.3 Å². The van der Waals surface area contributed by atoms with E-state index >= 15 is 0 Å². The van der Waals surface area contributed by atoms with Gasteiger partial charge in [0.15, 0.2) is 0 Å². The van der Waals surface area contributed by atoms with Crippen molar-refractivity contribution in [3.63, 3.8) is 0 Å². The van der Waals surface area contributed by atoms with E-state index in [2.05, 4.69) is 16.0 Å². The predicted molar refractivity (Wildman–Crippen MR) is 91.7 cm³/mol. The molecule has 0 unspecified atom stereocenters. The maximum Gasteiger partial charge on any atom is 0.238 e. The van der Waals surface area contributed by atoms with Gasteiger partial charge in [0.25, 0.3) is 0 Å². The molecule has 2 heterocycles. The molecule has 2 aromatic heterocycles. The minimum atomic E-state index is -3.81. The van der Waals surface area contributed by atoms with E-state index < -0.39 is 10.0 Å². The van der Waals surface area contributed by atoms with Crippen molar-refractivity contribution in [3.05, 3.63) is 47.8 Å². The summed E-state index contributed by atoms with van der Waals surface area (Å²) >= 11 is 0. The third kappa shape index (κ3) is 2.89. The second kappa shape index (κ2) is 5.74. The maximum absolute atomic E-state index is 11.8. The number of benzene rings is 1. The van der Waals surface area contributed by atoms with Crippen LogP contribution in [0.3, 0.4) is 0 Å². The van der Waals surface area contributed by atoms with Gasteiger partial charge in [0.2, 0.25) is 10.0 Å². The number of H-pyrrole nitrogens is 1. The van der Waals surface area contributed by atoms with E-state index in [0.717, 1.165) is 11.1 Å². The zero-order valence-corrected chi connectivity index (χ0v) is 14.1. The number of hydrogen-bond donors (Lipinski definition) is 2. The van der Waals surface area contributed by atoms with Crippen LogP contribution in [0.4, 0.5) is 0 Å². The van der Waals surface area contributed by atoms with Gasteiger partial charge in [-0.05, 0) is 35.2 Å². The van der Waals surface area contributed by atoms with Gasteiger partial charge in [-0.15, -0.1) is 0 Å². The molecule has 0 radical (unpaired) electrons. The highest BCUT2D eigenvalue weighted by molar-refractivity contribution is 7.89. The molecule has 122 valence electrons. The molecule has 0 bridgehead atoms. The molecule has 0 atom stereocenters. The second-order valence-corrected chi connectivity index (χ2v) is 7.49. The number of aromatic nitrogens is 2. The number of sulfonamides is 1. The summed E-state index contributed by atoms with van der Waals surface area (Å²) in [5.41, 5.74) is 3.40. The highest BCUT2D eigenvalue weighted by atomic mass is 32.2. The highest BCUT2D eigenvalue weighted by Gasteiger charge is 2.14. The largest absolute Gasteiger partial charge is 0.345 e. The van der Waals surface area contributed by atoms with E-state index in [1.165, 1.54) is 6.07 Å². The van der Waals surface area contributed by atoms with Gasteiger partial charge in [-0.1, -0.05) is 19.9 Å². The third-order valence-corrected chi connectivity index (χ3v) is 4.80. The molecule has 0 amide bonds. The van der Waals surface area contributed by atoms with Crippen LogP contribution in [0.15, 0.2) is 41.6 Å². The Morgan fingerprint density at radius 2 is 1.96 bits per heavy atom. The zero-order chi connectivity index (χ0) is 17.5. The average molecular weight is 340 g/mol. The van der Waals surface area contributed by atoms with Crippen LogP contribution in [0.25, 0.3) is 22.2 Å². The molecule has 1 aromatic carbocycles. The molecular weight excluding hydrogens is 324 g/mol. The number of nitrogens with one attached hydrogen (secondary N) is 1. The van der Waals surface area contributed by atoms with Crippen molar-refractivity contribution in [1.29, 1.82) is 5.26 Å². The fourth-order valence-corrected chi connectivity index (χ4v) is 3.13. The zero-order valence-electron chi connectivity index (χ0n) is 13.2. The molecule has 0 spiro atoms. The van der Waals surface area contributed by atoms with Crippen molar-refractivity contribution in [1.82, 2.24) is 9.97 Å². The number of nitrogens with two attached hydrogens (primary N) is 1. The molecule has 0 fully saturated rings. The monoisotopic (exact) mass is 340 g/mol. The van der Waals surface area contributed by atoms with Gasteiger partial charge in [-0.25, -0.2) is 18.5 Å². The molecular formula is C17H16N4O2S. The standard InChI is InChI=1S/C17H16N4O2S/c1-10(2)11-3-12(5-15(4-11)24(19,22)23)13-6-16-14(7-18)9-21-17(16)20-8-13/h3-6,8-10H,1-2H3,(H,20,21)(H2,19,22,23). The first-order valence-corrected chi connectivity index (χ1v) is 8.89. The fourth-order valence-electron chi connectivity index (χ4n) is 2.54. The Morgan fingerprint density at radius 1 is 1.21 bits per heavy atom. The Bertz CT molecular complexity index is 1080. The first kappa shape index (κ1) is 16.2. The van der Waals surface area contributed by atoms with Crippen molar-refractivity contribution in [2.45, 2.75) is 24.7 Å². The van der Waals surface area contributed by atoms with Gasteiger partial charge in [0.1, 0.15) is 11.7 Å². The molecule has 24 heavy (non-hydrogen) atoms. The summed E-state index contributed by atoms with van der Waals surface area (Å²) in [7, 11) is -3.81. The number of aromatic amines is 1. The van der Waals surface area contributed by atoms with Crippen LogP contribution in [0.5, 0.6) is 0 Å². The summed E-state index contributed by atoms with van der Waals surface area (Å²) in [4.78, 5) is 7.31. The lowest BCUT2D eigenvalue weighted by Crippen LogP contribution is -2.12. The van der Waals surface area contributed by atoms with E-state index in [1.807, 2.05) is 26.0 Å². The van der Waals surface area contributed by atoms with Gasteiger partial charge < -0.3 is 4.98 Å². The van der Waals surface area contributed by atoms with Crippen molar-refractivity contribution in [2.24, 2.45) is 5.14 Å². The first-order chi connectivity index (χ1) is 11.3. The van der Waals surface area contributed by atoms with E-state index in [1.54, 1.807) is 18.5 Å². The Labute approximate surface area is 140 Å². The number of pyridine rings is 1. The molecule has 3 rings (SSSR count). The number of hydrogen-bond acceptors (Lipinski definition) is 4. The molecule has 3 aromatic rings. The molecule has 6 nitrogen and oxygen atoms in total. The Hall–Kier alpha value is -2.69. The SMILES string of the molecule is CC(C)c1cc(-c2cnc3[nH]cc(C#N)c3c2)cc(S(N)(=O)=O)c1. The summed E-state index contributed by atoms with van der Waals surface area (Å²) in [6.45, 7) is 3.96. The number of fused-ring (bicyclic) bond motifs is 1. The van der Waals surface area contributed by atoms with E-state index in [-0.39, 0.29) is 10.8 Å². The molecule has 0 aliphatic heterocycles. The van der Waals surface area contributed by atoms with Crippen LogP contribution >= 0.6 is 0 Å². The second-order valence-electron chi connectivity index (χ2n) is 5.92. The fraction of sp³-hybridized carbons (Fsp3) is 0.176. The number of rotatable bonds is 3. The third-order valence-electron chi connectivity index (χ3n) is 3.91. The van der Waals surface area contributed by atoms with Crippen LogP contribution in [0.2, 0.25) is 0 Å². The summed E-state index contributed by atoms with van der Waals surface area (Å²) in [5, 5.41) is 15.2. The van der Waals surface area contributed by atoms with Gasteiger partial charge in [-0.2, -0.15) is 5.26 Å². The molecule has 0 aliphatic rings. The molecule has 0 aliphatic carbocycles. The Morgan fingerprint density at radius 3 is 2.58 bits per heavy atom. The van der Waals surface area contributed by atoms with Gasteiger partial charge >= 0.3 is 0 Å². The van der Waals surface area contributed by atoms with E-state index in [0.29, 0.717) is 22.2 Å². The average Bonchev–Trinajstić information content (AvgIpc) is 2.95. The topological polar surface area (TPSA) is 113 Å². The van der Waals surface area contributed by atoms with Gasteiger partial charge in [-0.3, -0.25) is 0 Å². The predicted octanol–water partition coefficient (Wildman–Crippen LogP) is 2.87.